The second kappa shape index (κ2) is 8.65. The van der Waals surface area contributed by atoms with Crippen molar-refractivity contribution in [3.05, 3.63) is 65.5 Å². The molecule has 1 aliphatic rings. The summed E-state index contributed by atoms with van der Waals surface area (Å²) in [5.41, 5.74) is 1.56. The molecule has 1 unspecified atom stereocenters. The van der Waals surface area contributed by atoms with E-state index in [1.165, 1.54) is 6.07 Å². The molecule has 0 spiro atoms. The zero-order valence-electron chi connectivity index (χ0n) is 15.5. The summed E-state index contributed by atoms with van der Waals surface area (Å²) in [5.74, 6) is 0.739. The Hall–Kier alpha value is -1.91. The molecule has 1 fully saturated rings. The van der Waals surface area contributed by atoms with E-state index in [4.69, 9.17) is 4.74 Å². The highest BCUT2D eigenvalue weighted by atomic mass is 19.1. The molecule has 4 heteroatoms. The largest absolute Gasteiger partial charge is 0.494 e. The van der Waals surface area contributed by atoms with E-state index in [1.54, 1.807) is 6.07 Å². The van der Waals surface area contributed by atoms with Crippen LogP contribution in [0.25, 0.3) is 0 Å². The summed E-state index contributed by atoms with van der Waals surface area (Å²) < 4.78 is 19.9. The first-order chi connectivity index (χ1) is 12.7. The minimum absolute atomic E-state index is 0.0743. The number of benzene rings is 2. The van der Waals surface area contributed by atoms with Crippen LogP contribution in [0.3, 0.4) is 0 Å². The second-order valence-electron chi connectivity index (χ2n) is 7.28. The highest BCUT2D eigenvalue weighted by molar-refractivity contribution is 5.33. The lowest BCUT2D eigenvalue weighted by Gasteiger charge is -2.42. The number of hydrogen-bond acceptors (Lipinski definition) is 3. The van der Waals surface area contributed by atoms with Crippen LogP contribution in [0.2, 0.25) is 0 Å². The van der Waals surface area contributed by atoms with Crippen molar-refractivity contribution in [2.24, 2.45) is 5.41 Å². The molecule has 1 heterocycles. The fourth-order valence-corrected chi connectivity index (χ4v) is 3.99. The molecular formula is C22H28FNO2. The van der Waals surface area contributed by atoms with Crippen molar-refractivity contribution in [1.29, 1.82) is 0 Å². The first-order valence-corrected chi connectivity index (χ1v) is 9.43. The van der Waals surface area contributed by atoms with Crippen LogP contribution in [-0.4, -0.2) is 36.3 Å². The maximum absolute atomic E-state index is 14.1. The topological polar surface area (TPSA) is 32.7 Å². The summed E-state index contributed by atoms with van der Waals surface area (Å²) in [5, 5.41) is 10.1. The minimum Gasteiger partial charge on any atom is -0.494 e. The fourth-order valence-electron chi connectivity index (χ4n) is 3.99. The maximum Gasteiger partial charge on any atom is 0.126 e. The number of hydrogen-bond donors (Lipinski definition) is 1. The molecule has 2 aromatic rings. The van der Waals surface area contributed by atoms with Crippen molar-refractivity contribution in [3.63, 3.8) is 0 Å². The molecule has 26 heavy (non-hydrogen) atoms. The van der Waals surface area contributed by atoms with E-state index in [0.717, 1.165) is 43.8 Å². The van der Waals surface area contributed by atoms with E-state index in [-0.39, 0.29) is 17.8 Å². The van der Waals surface area contributed by atoms with Gasteiger partial charge in [-0.05, 0) is 50.4 Å². The number of nitrogens with zero attached hydrogens (tertiary/aromatic N) is 1. The summed E-state index contributed by atoms with van der Waals surface area (Å²) in [7, 11) is 0. The summed E-state index contributed by atoms with van der Waals surface area (Å²) in [6, 6.07) is 15.0. The van der Waals surface area contributed by atoms with E-state index in [2.05, 4.69) is 11.0 Å². The third-order valence-electron chi connectivity index (χ3n) is 5.27. The number of halogens is 1. The number of para-hydroxylation sites is 1. The summed E-state index contributed by atoms with van der Waals surface area (Å²) in [6.07, 6.45) is 2.49. The van der Waals surface area contributed by atoms with Crippen molar-refractivity contribution >= 4 is 0 Å². The Kier molecular flexibility index (Phi) is 6.28. The smallest absolute Gasteiger partial charge is 0.126 e. The summed E-state index contributed by atoms with van der Waals surface area (Å²) in [4.78, 5) is 2.36. The van der Waals surface area contributed by atoms with Crippen LogP contribution in [0.5, 0.6) is 5.75 Å². The molecule has 2 aromatic carbocycles. The average molecular weight is 357 g/mol. The van der Waals surface area contributed by atoms with E-state index in [1.807, 2.05) is 37.3 Å². The highest BCUT2D eigenvalue weighted by Crippen LogP contribution is 2.35. The zero-order valence-corrected chi connectivity index (χ0v) is 15.5. The Morgan fingerprint density at radius 3 is 2.58 bits per heavy atom. The Morgan fingerprint density at radius 1 is 1.12 bits per heavy atom. The molecule has 3 rings (SSSR count). The second-order valence-corrected chi connectivity index (χ2v) is 7.28. The molecule has 0 amide bonds. The standard InChI is InChI=1S/C22H28FNO2/c1-2-26-21-11-6-4-9-19(21)15-24-13-7-12-22(16-24,17-25)14-18-8-3-5-10-20(18)23/h3-6,8-11,25H,2,7,12-17H2,1H3. The Balaban J connectivity index is 1.74. The van der Waals surface area contributed by atoms with Crippen LogP contribution in [0.1, 0.15) is 30.9 Å². The molecule has 140 valence electrons. The predicted molar refractivity (Wildman–Crippen MR) is 102 cm³/mol. The van der Waals surface area contributed by atoms with E-state index in [0.29, 0.717) is 18.6 Å². The first-order valence-electron chi connectivity index (χ1n) is 9.43. The van der Waals surface area contributed by atoms with Gasteiger partial charge in [0.2, 0.25) is 0 Å². The van der Waals surface area contributed by atoms with E-state index < -0.39 is 0 Å². The van der Waals surface area contributed by atoms with Crippen molar-refractivity contribution in [2.45, 2.75) is 32.7 Å². The number of piperidine rings is 1. The lowest BCUT2D eigenvalue weighted by molar-refractivity contribution is 0.0279. The fraction of sp³-hybridized carbons (Fsp3) is 0.455. The molecule has 1 saturated heterocycles. The Morgan fingerprint density at radius 2 is 1.85 bits per heavy atom. The van der Waals surface area contributed by atoms with Gasteiger partial charge in [0.25, 0.3) is 0 Å². The minimum atomic E-state index is -0.291. The molecule has 0 radical (unpaired) electrons. The molecule has 0 saturated carbocycles. The van der Waals surface area contributed by atoms with Crippen LogP contribution in [0.15, 0.2) is 48.5 Å². The summed E-state index contributed by atoms with van der Waals surface area (Å²) >= 11 is 0. The molecular weight excluding hydrogens is 329 g/mol. The van der Waals surface area contributed by atoms with Gasteiger partial charge in [0, 0.05) is 24.1 Å². The highest BCUT2D eigenvalue weighted by Gasteiger charge is 2.36. The van der Waals surface area contributed by atoms with E-state index >= 15 is 0 Å². The third kappa shape index (κ3) is 4.43. The van der Waals surface area contributed by atoms with Gasteiger partial charge in [-0.1, -0.05) is 36.4 Å². The number of likely N-dealkylation sites (tertiary alicyclic amines) is 1. The van der Waals surface area contributed by atoms with Gasteiger partial charge < -0.3 is 9.84 Å². The Labute approximate surface area is 155 Å². The number of aliphatic hydroxyl groups excluding tert-OH is 1. The van der Waals surface area contributed by atoms with Gasteiger partial charge >= 0.3 is 0 Å². The van der Waals surface area contributed by atoms with Crippen molar-refractivity contribution < 1.29 is 14.2 Å². The third-order valence-corrected chi connectivity index (χ3v) is 5.27. The quantitative estimate of drug-likeness (QED) is 0.812. The first kappa shape index (κ1) is 18.9. The SMILES string of the molecule is CCOc1ccccc1CN1CCCC(CO)(Cc2ccccc2F)C1. The van der Waals surface area contributed by atoms with Gasteiger partial charge in [0.1, 0.15) is 11.6 Å². The van der Waals surface area contributed by atoms with Crippen molar-refractivity contribution in [3.8, 4) is 5.75 Å². The van der Waals surface area contributed by atoms with Crippen LogP contribution < -0.4 is 4.74 Å². The number of ether oxygens (including phenoxy) is 1. The van der Waals surface area contributed by atoms with Gasteiger partial charge in [-0.2, -0.15) is 0 Å². The number of aliphatic hydroxyl groups is 1. The lowest BCUT2D eigenvalue weighted by Crippen LogP contribution is -2.46. The molecule has 3 nitrogen and oxygen atoms in total. The molecule has 1 atom stereocenters. The molecule has 1 aliphatic heterocycles. The molecule has 0 aliphatic carbocycles. The van der Waals surface area contributed by atoms with Crippen LogP contribution >= 0.6 is 0 Å². The zero-order chi connectivity index (χ0) is 18.4. The molecule has 1 N–H and O–H groups in total. The van der Waals surface area contributed by atoms with Crippen LogP contribution in [0, 0.1) is 11.2 Å². The summed E-state index contributed by atoms with van der Waals surface area (Å²) in [6.45, 7) is 5.24. The molecule has 0 aromatic heterocycles. The van der Waals surface area contributed by atoms with Gasteiger partial charge in [-0.15, -0.1) is 0 Å². The van der Waals surface area contributed by atoms with E-state index in [9.17, 15) is 9.50 Å². The predicted octanol–water partition coefficient (Wildman–Crippen LogP) is 4.04. The lowest BCUT2D eigenvalue weighted by atomic mass is 9.75. The van der Waals surface area contributed by atoms with Crippen molar-refractivity contribution in [1.82, 2.24) is 4.90 Å². The normalized spacial score (nSPS) is 20.9. The van der Waals surface area contributed by atoms with Crippen LogP contribution in [-0.2, 0) is 13.0 Å². The van der Waals surface area contributed by atoms with Gasteiger partial charge in [0.15, 0.2) is 0 Å². The van der Waals surface area contributed by atoms with Crippen LogP contribution in [0.4, 0.5) is 4.39 Å². The van der Waals surface area contributed by atoms with Gasteiger partial charge in [0.05, 0.1) is 13.2 Å². The number of rotatable bonds is 7. The average Bonchev–Trinajstić information content (AvgIpc) is 2.66. The monoisotopic (exact) mass is 357 g/mol. The van der Waals surface area contributed by atoms with Gasteiger partial charge in [-0.25, -0.2) is 4.39 Å². The van der Waals surface area contributed by atoms with Crippen molar-refractivity contribution in [2.75, 3.05) is 26.3 Å². The Bertz CT molecular complexity index is 721. The maximum atomic E-state index is 14.1. The van der Waals surface area contributed by atoms with Gasteiger partial charge in [-0.3, -0.25) is 4.90 Å². The molecule has 0 bridgehead atoms.